The number of nitrogens with zero attached hydrogens (tertiary/aromatic N) is 3. The zero-order valence-corrected chi connectivity index (χ0v) is 18.4. The summed E-state index contributed by atoms with van der Waals surface area (Å²) in [7, 11) is -1.09. The molecule has 4 rings (SSSR count). The molecular formula is C22H31N3O2Si. The van der Waals surface area contributed by atoms with E-state index in [0.717, 1.165) is 37.1 Å². The van der Waals surface area contributed by atoms with Gasteiger partial charge in [0.1, 0.15) is 23.9 Å². The Morgan fingerprint density at radius 3 is 2.89 bits per heavy atom. The van der Waals surface area contributed by atoms with E-state index in [2.05, 4.69) is 31.6 Å². The van der Waals surface area contributed by atoms with Gasteiger partial charge in [0, 0.05) is 25.9 Å². The molecule has 1 fully saturated rings. The van der Waals surface area contributed by atoms with Gasteiger partial charge in [-0.2, -0.15) is 5.10 Å². The summed E-state index contributed by atoms with van der Waals surface area (Å²) in [6.07, 6.45) is 5.25. The van der Waals surface area contributed by atoms with Gasteiger partial charge in [0.25, 0.3) is 0 Å². The highest BCUT2D eigenvalue weighted by Gasteiger charge is 2.53. The van der Waals surface area contributed by atoms with Crippen molar-refractivity contribution in [1.29, 1.82) is 0 Å². The van der Waals surface area contributed by atoms with E-state index in [1.54, 1.807) is 18.3 Å². The molecule has 6 heteroatoms. The highest BCUT2D eigenvalue weighted by atomic mass is 28.3. The number of hydrogen-bond acceptors (Lipinski definition) is 4. The van der Waals surface area contributed by atoms with Gasteiger partial charge in [-0.1, -0.05) is 38.7 Å². The van der Waals surface area contributed by atoms with E-state index >= 15 is 0 Å². The van der Waals surface area contributed by atoms with Gasteiger partial charge < -0.3 is 9.84 Å². The van der Waals surface area contributed by atoms with Crippen LogP contribution in [0.3, 0.4) is 0 Å². The summed E-state index contributed by atoms with van der Waals surface area (Å²) in [6, 6.07) is 8.31. The molecular weight excluding hydrogens is 366 g/mol. The van der Waals surface area contributed by atoms with Gasteiger partial charge in [-0.05, 0) is 48.8 Å². The van der Waals surface area contributed by atoms with Crippen molar-refractivity contribution in [2.75, 3.05) is 6.61 Å². The summed E-state index contributed by atoms with van der Waals surface area (Å²) in [5.41, 5.74) is 4.55. The predicted molar refractivity (Wildman–Crippen MR) is 115 cm³/mol. The lowest BCUT2D eigenvalue weighted by molar-refractivity contribution is 0.0755. The SMILES string of the molecule is C[C@@]12Cc3c(c(/C=N/c4ccccc4O)nn3COCC[Si](C)(C)C)C[C@@H]1C2. The third kappa shape index (κ3) is 4.08. The number of hydrogen-bond donors (Lipinski definition) is 1. The maximum Gasteiger partial charge on any atom is 0.141 e. The molecule has 1 N–H and O–H groups in total. The number of aliphatic imine (C=N–C) groups is 1. The molecule has 0 amide bonds. The van der Waals surface area contributed by atoms with Crippen LogP contribution in [-0.2, 0) is 24.3 Å². The molecule has 2 aromatic rings. The Balaban J connectivity index is 1.55. The van der Waals surface area contributed by atoms with Crippen molar-refractivity contribution in [2.24, 2.45) is 16.3 Å². The Bertz CT molecular complexity index is 900. The molecule has 2 atom stereocenters. The van der Waals surface area contributed by atoms with Crippen LogP contribution >= 0.6 is 0 Å². The van der Waals surface area contributed by atoms with E-state index in [4.69, 9.17) is 9.84 Å². The molecule has 150 valence electrons. The van der Waals surface area contributed by atoms with Crippen molar-refractivity contribution in [3.8, 4) is 5.75 Å². The molecule has 5 nitrogen and oxygen atoms in total. The van der Waals surface area contributed by atoms with Crippen molar-refractivity contribution >= 4 is 20.0 Å². The van der Waals surface area contributed by atoms with E-state index in [1.807, 2.05) is 16.8 Å². The first kappa shape index (κ1) is 19.4. The first-order chi connectivity index (χ1) is 13.3. The van der Waals surface area contributed by atoms with Gasteiger partial charge >= 0.3 is 0 Å². The van der Waals surface area contributed by atoms with Crippen LogP contribution in [0.4, 0.5) is 5.69 Å². The number of phenols is 1. The van der Waals surface area contributed by atoms with Crippen LogP contribution in [-0.4, -0.2) is 35.8 Å². The summed E-state index contributed by atoms with van der Waals surface area (Å²) < 4.78 is 8.04. The number of aromatic nitrogens is 2. The molecule has 0 bridgehead atoms. The Hall–Kier alpha value is -1.92. The first-order valence-electron chi connectivity index (χ1n) is 10.2. The molecule has 28 heavy (non-hydrogen) atoms. The molecule has 1 heterocycles. The van der Waals surface area contributed by atoms with Crippen LogP contribution in [0.25, 0.3) is 0 Å². The van der Waals surface area contributed by atoms with Gasteiger partial charge in [-0.15, -0.1) is 0 Å². The second-order valence-corrected chi connectivity index (χ2v) is 15.5. The fraction of sp³-hybridized carbons (Fsp3) is 0.545. The second kappa shape index (κ2) is 7.15. The average Bonchev–Trinajstić information content (AvgIpc) is 3.19. The number of rotatable bonds is 7. The molecule has 2 aliphatic rings. The normalized spacial score (nSPS) is 23.6. The highest BCUT2D eigenvalue weighted by molar-refractivity contribution is 6.76. The molecule has 0 unspecified atom stereocenters. The third-order valence-corrected chi connectivity index (χ3v) is 7.88. The molecule has 1 aromatic heterocycles. The lowest BCUT2D eigenvalue weighted by atomic mass is 9.88. The summed E-state index contributed by atoms with van der Waals surface area (Å²) in [4.78, 5) is 4.50. The number of benzene rings is 1. The van der Waals surface area contributed by atoms with E-state index < -0.39 is 8.07 Å². The molecule has 0 spiro atoms. The summed E-state index contributed by atoms with van der Waals surface area (Å²) in [5.74, 6) is 0.958. The van der Waals surface area contributed by atoms with E-state index in [9.17, 15) is 5.11 Å². The summed E-state index contributed by atoms with van der Waals surface area (Å²) >= 11 is 0. The minimum atomic E-state index is -1.09. The monoisotopic (exact) mass is 397 g/mol. The molecule has 1 saturated carbocycles. The molecule has 1 aromatic carbocycles. The zero-order chi connectivity index (χ0) is 19.9. The molecule has 0 aliphatic heterocycles. The highest BCUT2D eigenvalue weighted by Crippen LogP contribution is 2.59. The Kier molecular flexibility index (Phi) is 4.96. The van der Waals surface area contributed by atoms with E-state index in [0.29, 0.717) is 17.8 Å². The van der Waals surface area contributed by atoms with Gasteiger partial charge in [-0.3, -0.25) is 4.99 Å². The lowest BCUT2D eigenvalue weighted by Crippen LogP contribution is -2.23. The summed E-state index contributed by atoms with van der Waals surface area (Å²) in [5, 5.41) is 14.8. The fourth-order valence-corrected chi connectivity index (χ4v) is 4.84. The Morgan fingerprint density at radius 2 is 2.14 bits per heavy atom. The zero-order valence-electron chi connectivity index (χ0n) is 17.4. The second-order valence-electron chi connectivity index (χ2n) is 9.84. The number of fused-ring (bicyclic) bond motifs is 2. The molecule has 0 saturated heterocycles. The number of phenolic OH excluding ortho intramolecular Hbond substituents is 1. The van der Waals surface area contributed by atoms with Crippen LogP contribution in [0.1, 0.15) is 30.3 Å². The largest absolute Gasteiger partial charge is 0.506 e. The number of aromatic hydroxyl groups is 1. The van der Waals surface area contributed by atoms with Gasteiger partial charge in [0.15, 0.2) is 0 Å². The molecule has 2 aliphatic carbocycles. The molecule has 0 radical (unpaired) electrons. The maximum absolute atomic E-state index is 9.97. The minimum Gasteiger partial charge on any atom is -0.506 e. The van der Waals surface area contributed by atoms with Crippen LogP contribution in [0.2, 0.25) is 25.7 Å². The van der Waals surface area contributed by atoms with Crippen molar-refractivity contribution in [1.82, 2.24) is 9.78 Å². The van der Waals surface area contributed by atoms with Crippen LogP contribution in [0.15, 0.2) is 29.3 Å². The van der Waals surface area contributed by atoms with Crippen molar-refractivity contribution in [2.45, 2.75) is 58.6 Å². The van der Waals surface area contributed by atoms with Crippen LogP contribution < -0.4 is 0 Å². The van der Waals surface area contributed by atoms with Crippen LogP contribution in [0.5, 0.6) is 5.75 Å². The maximum atomic E-state index is 9.97. The number of ether oxygens (including phenoxy) is 1. The Morgan fingerprint density at radius 1 is 1.36 bits per heavy atom. The topological polar surface area (TPSA) is 59.6 Å². The quantitative estimate of drug-likeness (QED) is 0.416. The van der Waals surface area contributed by atoms with E-state index in [-0.39, 0.29) is 5.75 Å². The fourth-order valence-electron chi connectivity index (χ4n) is 4.09. The van der Waals surface area contributed by atoms with Crippen molar-refractivity contribution < 1.29 is 9.84 Å². The third-order valence-electron chi connectivity index (χ3n) is 6.18. The van der Waals surface area contributed by atoms with Crippen molar-refractivity contribution in [3.05, 3.63) is 41.2 Å². The smallest absolute Gasteiger partial charge is 0.141 e. The first-order valence-corrected chi connectivity index (χ1v) is 13.9. The minimum absolute atomic E-state index is 0.191. The van der Waals surface area contributed by atoms with Gasteiger partial charge in [-0.25, -0.2) is 4.68 Å². The van der Waals surface area contributed by atoms with Gasteiger partial charge in [0.05, 0.1) is 6.21 Å². The lowest BCUT2D eigenvalue weighted by Gasteiger charge is -2.20. The van der Waals surface area contributed by atoms with Crippen LogP contribution in [0, 0.1) is 11.3 Å². The standard InChI is InChI=1S/C22H31N3O2Si/c1-22-12-16(22)11-17-19(14-23-18-7-5-6-8-21(18)26)24-25(20(17)13-22)15-27-9-10-28(2,3)4/h5-8,14,16,26H,9-13,15H2,1-4H3/b23-14+/t16-,22-/m1/s1. The van der Waals surface area contributed by atoms with Gasteiger partial charge in [0.2, 0.25) is 0 Å². The summed E-state index contributed by atoms with van der Waals surface area (Å²) in [6.45, 7) is 10.8. The number of para-hydroxylation sites is 2. The average molecular weight is 398 g/mol. The van der Waals surface area contributed by atoms with Crippen molar-refractivity contribution in [3.63, 3.8) is 0 Å². The predicted octanol–water partition coefficient (Wildman–Crippen LogP) is 4.78. The van der Waals surface area contributed by atoms with E-state index in [1.165, 1.54) is 17.7 Å². The Labute approximate surface area is 168 Å².